The van der Waals surface area contributed by atoms with Crippen molar-refractivity contribution in [2.45, 2.75) is 33.1 Å². The van der Waals surface area contributed by atoms with Gasteiger partial charge in [-0.2, -0.15) is 0 Å². The molecule has 1 heterocycles. The first-order chi connectivity index (χ1) is 15.3. The van der Waals surface area contributed by atoms with Gasteiger partial charge in [0, 0.05) is 32.2 Å². The van der Waals surface area contributed by atoms with Gasteiger partial charge >= 0.3 is 0 Å². The summed E-state index contributed by atoms with van der Waals surface area (Å²) in [7, 11) is 5.07. The summed E-state index contributed by atoms with van der Waals surface area (Å²) in [5.74, 6) is 1.34. The lowest BCUT2D eigenvalue weighted by Gasteiger charge is -2.34. The average molecular weight is 439 g/mol. The molecule has 0 saturated carbocycles. The van der Waals surface area contributed by atoms with E-state index in [1.54, 1.807) is 19.1 Å². The summed E-state index contributed by atoms with van der Waals surface area (Å²) in [6.07, 6.45) is 2.38. The monoisotopic (exact) mass is 438 g/mol. The van der Waals surface area contributed by atoms with Crippen molar-refractivity contribution in [3.8, 4) is 11.5 Å². The van der Waals surface area contributed by atoms with E-state index < -0.39 is 0 Å². The van der Waals surface area contributed by atoms with Crippen LogP contribution in [0.2, 0.25) is 0 Å². The second-order valence-electron chi connectivity index (χ2n) is 8.67. The van der Waals surface area contributed by atoms with Crippen LogP contribution in [-0.4, -0.2) is 62.5 Å². The summed E-state index contributed by atoms with van der Waals surface area (Å²) >= 11 is 0. The van der Waals surface area contributed by atoms with E-state index in [1.165, 1.54) is 0 Å². The van der Waals surface area contributed by atoms with Crippen LogP contribution in [-0.2, 0) is 11.2 Å². The van der Waals surface area contributed by atoms with Gasteiger partial charge in [0.1, 0.15) is 0 Å². The fraction of sp³-hybridized carbons (Fsp3) is 0.462. The number of piperidine rings is 1. The predicted octanol–water partition coefficient (Wildman–Crippen LogP) is 3.87. The Kier molecular flexibility index (Phi) is 7.78. The van der Waals surface area contributed by atoms with Gasteiger partial charge in [0.15, 0.2) is 11.5 Å². The smallest absolute Gasteiger partial charge is 0.253 e. The van der Waals surface area contributed by atoms with Crippen LogP contribution in [0.5, 0.6) is 11.5 Å². The van der Waals surface area contributed by atoms with Gasteiger partial charge < -0.3 is 19.3 Å². The van der Waals surface area contributed by atoms with Gasteiger partial charge in [-0.05, 0) is 62.9 Å². The van der Waals surface area contributed by atoms with E-state index in [9.17, 15) is 9.59 Å². The summed E-state index contributed by atoms with van der Waals surface area (Å²) in [4.78, 5) is 29.8. The molecule has 2 aromatic rings. The standard InChI is InChI=1S/C26H34N2O4/c1-18-13-19(2)15-22(14-18)26(30)28-11-6-7-21(17-28)25(29)27(3)12-10-20-8-9-23(31-4)24(16-20)32-5/h8-9,13-16,21H,6-7,10-12,17H2,1-5H3. The van der Waals surface area contributed by atoms with E-state index in [1.807, 2.05) is 56.1 Å². The van der Waals surface area contributed by atoms with Crippen molar-refractivity contribution in [2.75, 3.05) is 40.9 Å². The van der Waals surface area contributed by atoms with E-state index in [4.69, 9.17) is 9.47 Å². The van der Waals surface area contributed by atoms with Crippen molar-refractivity contribution < 1.29 is 19.1 Å². The zero-order chi connectivity index (χ0) is 23.3. The molecule has 1 fully saturated rings. The highest BCUT2D eigenvalue weighted by atomic mass is 16.5. The summed E-state index contributed by atoms with van der Waals surface area (Å²) < 4.78 is 10.7. The van der Waals surface area contributed by atoms with Crippen molar-refractivity contribution in [1.82, 2.24) is 9.80 Å². The Labute approximate surface area is 191 Å². The Hall–Kier alpha value is -3.02. The molecule has 0 aliphatic carbocycles. The van der Waals surface area contributed by atoms with E-state index in [0.717, 1.165) is 36.0 Å². The SMILES string of the molecule is COc1ccc(CCN(C)C(=O)C2CCCN(C(=O)c3cc(C)cc(C)c3)C2)cc1OC. The van der Waals surface area contributed by atoms with Crippen LogP contribution in [0.25, 0.3) is 0 Å². The number of likely N-dealkylation sites (N-methyl/N-ethyl adjacent to an activating group) is 1. The molecule has 0 aromatic heterocycles. The number of aryl methyl sites for hydroxylation is 2. The van der Waals surface area contributed by atoms with Gasteiger partial charge in [0.25, 0.3) is 5.91 Å². The van der Waals surface area contributed by atoms with Crippen molar-refractivity contribution in [2.24, 2.45) is 5.92 Å². The van der Waals surface area contributed by atoms with Gasteiger partial charge in [-0.3, -0.25) is 9.59 Å². The molecule has 2 amide bonds. The summed E-state index contributed by atoms with van der Waals surface area (Å²) in [5, 5.41) is 0. The zero-order valence-corrected chi connectivity index (χ0v) is 19.8. The molecule has 1 aliphatic heterocycles. The molecule has 0 N–H and O–H groups in total. The maximum absolute atomic E-state index is 13.1. The van der Waals surface area contributed by atoms with Crippen molar-refractivity contribution in [1.29, 1.82) is 0 Å². The number of hydrogen-bond donors (Lipinski definition) is 0. The first kappa shape index (κ1) is 23.6. The third kappa shape index (κ3) is 5.61. The van der Waals surface area contributed by atoms with Gasteiger partial charge in [-0.25, -0.2) is 0 Å². The molecule has 0 spiro atoms. The molecule has 6 nitrogen and oxygen atoms in total. The number of likely N-dealkylation sites (tertiary alicyclic amines) is 1. The molecule has 1 unspecified atom stereocenters. The minimum Gasteiger partial charge on any atom is -0.493 e. The quantitative estimate of drug-likeness (QED) is 0.658. The lowest BCUT2D eigenvalue weighted by molar-refractivity contribution is -0.135. The molecular weight excluding hydrogens is 404 g/mol. The molecule has 3 rings (SSSR count). The Balaban J connectivity index is 1.60. The van der Waals surface area contributed by atoms with Crippen LogP contribution in [0, 0.1) is 19.8 Å². The summed E-state index contributed by atoms with van der Waals surface area (Å²) in [6, 6.07) is 11.7. The van der Waals surface area contributed by atoms with Crippen LogP contribution in [0.1, 0.15) is 39.9 Å². The summed E-state index contributed by atoms with van der Waals surface area (Å²) in [5.41, 5.74) is 3.94. The van der Waals surface area contributed by atoms with Crippen molar-refractivity contribution in [3.63, 3.8) is 0 Å². The number of carbonyl (C=O) groups excluding carboxylic acids is 2. The fourth-order valence-corrected chi connectivity index (χ4v) is 4.40. The number of nitrogens with zero attached hydrogens (tertiary/aromatic N) is 2. The Morgan fingerprint density at radius 2 is 1.72 bits per heavy atom. The van der Waals surface area contributed by atoms with Crippen LogP contribution in [0.3, 0.4) is 0 Å². The second kappa shape index (κ2) is 10.5. The molecule has 0 bridgehead atoms. The topological polar surface area (TPSA) is 59.1 Å². The number of rotatable bonds is 7. The number of carbonyl (C=O) groups is 2. The minimum atomic E-state index is -0.158. The fourth-order valence-electron chi connectivity index (χ4n) is 4.40. The zero-order valence-electron chi connectivity index (χ0n) is 19.8. The second-order valence-corrected chi connectivity index (χ2v) is 8.67. The number of amides is 2. The van der Waals surface area contributed by atoms with Crippen LogP contribution < -0.4 is 9.47 Å². The Morgan fingerprint density at radius 3 is 2.38 bits per heavy atom. The van der Waals surface area contributed by atoms with Crippen molar-refractivity contribution in [3.05, 3.63) is 58.7 Å². The van der Waals surface area contributed by atoms with Crippen LogP contribution in [0.15, 0.2) is 36.4 Å². The highest BCUT2D eigenvalue weighted by molar-refractivity contribution is 5.95. The number of ether oxygens (including phenoxy) is 2. The van der Waals surface area contributed by atoms with Gasteiger partial charge in [0.05, 0.1) is 20.1 Å². The van der Waals surface area contributed by atoms with E-state index in [2.05, 4.69) is 6.07 Å². The van der Waals surface area contributed by atoms with Gasteiger partial charge in [-0.1, -0.05) is 23.3 Å². The highest BCUT2D eigenvalue weighted by Gasteiger charge is 2.30. The number of methoxy groups -OCH3 is 2. The van der Waals surface area contributed by atoms with E-state index in [0.29, 0.717) is 36.7 Å². The Bertz CT molecular complexity index is 952. The van der Waals surface area contributed by atoms with Gasteiger partial charge in [-0.15, -0.1) is 0 Å². The average Bonchev–Trinajstić information content (AvgIpc) is 2.80. The maximum Gasteiger partial charge on any atom is 0.253 e. The third-order valence-electron chi connectivity index (χ3n) is 6.09. The molecule has 172 valence electrons. The molecule has 1 aliphatic rings. The first-order valence-corrected chi connectivity index (χ1v) is 11.2. The molecule has 2 aromatic carbocycles. The van der Waals surface area contributed by atoms with Gasteiger partial charge in [0.2, 0.25) is 5.91 Å². The van der Waals surface area contributed by atoms with Crippen LogP contribution in [0.4, 0.5) is 0 Å². The number of benzene rings is 2. The molecule has 1 atom stereocenters. The normalized spacial score (nSPS) is 15.9. The number of hydrogen-bond acceptors (Lipinski definition) is 4. The largest absolute Gasteiger partial charge is 0.493 e. The Morgan fingerprint density at radius 1 is 1.03 bits per heavy atom. The van der Waals surface area contributed by atoms with Crippen LogP contribution >= 0.6 is 0 Å². The third-order valence-corrected chi connectivity index (χ3v) is 6.09. The maximum atomic E-state index is 13.1. The lowest BCUT2D eigenvalue weighted by Crippen LogP contribution is -2.46. The molecule has 0 radical (unpaired) electrons. The van der Waals surface area contributed by atoms with E-state index >= 15 is 0 Å². The molecule has 32 heavy (non-hydrogen) atoms. The molecular formula is C26H34N2O4. The first-order valence-electron chi connectivity index (χ1n) is 11.2. The van der Waals surface area contributed by atoms with Crippen molar-refractivity contribution >= 4 is 11.8 Å². The summed E-state index contributed by atoms with van der Waals surface area (Å²) in [6.45, 7) is 5.78. The van der Waals surface area contributed by atoms with E-state index in [-0.39, 0.29) is 17.7 Å². The highest BCUT2D eigenvalue weighted by Crippen LogP contribution is 2.28. The molecule has 1 saturated heterocycles. The predicted molar refractivity (Wildman–Crippen MR) is 125 cm³/mol. The lowest BCUT2D eigenvalue weighted by atomic mass is 9.95. The minimum absolute atomic E-state index is 0.0160. The molecule has 6 heteroatoms.